The number of carbonyl (C=O) groups is 2. The number of ether oxygens (including phenoxy) is 2. The van der Waals surface area contributed by atoms with Crippen molar-refractivity contribution in [3.63, 3.8) is 0 Å². The van der Waals surface area contributed by atoms with Crippen LogP contribution in [0.2, 0.25) is 0 Å². The second-order valence-electron chi connectivity index (χ2n) is 8.32. The van der Waals surface area contributed by atoms with Gasteiger partial charge in [0.1, 0.15) is 23.6 Å². The minimum atomic E-state index is -0.545. The van der Waals surface area contributed by atoms with Crippen molar-refractivity contribution >= 4 is 11.9 Å². The van der Waals surface area contributed by atoms with Crippen molar-refractivity contribution in [2.75, 3.05) is 46.4 Å². The predicted octanol–water partition coefficient (Wildman–Crippen LogP) is 1.59. The van der Waals surface area contributed by atoms with Crippen LogP contribution >= 0.6 is 0 Å². The Bertz CT molecular complexity index is 1050. The number of hydrogen-bond acceptors (Lipinski definition) is 7. The van der Waals surface area contributed by atoms with Gasteiger partial charge in [-0.1, -0.05) is 12.5 Å². The van der Waals surface area contributed by atoms with Crippen LogP contribution in [0.15, 0.2) is 35.3 Å². The highest BCUT2D eigenvalue weighted by Crippen LogP contribution is 2.24. The lowest BCUT2D eigenvalue weighted by Gasteiger charge is -2.26. The summed E-state index contributed by atoms with van der Waals surface area (Å²) in [5.74, 6) is -0.495. The molecular formula is C24H30N4O5. The molecule has 0 N–H and O–H groups in total. The van der Waals surface area contributed by atoms with Crippen LogP contribution in [0.5, 0.6) is 5.75 Å². The van der Waals surface area contributed by atoms with Gasteiger partial charge in [0.05, 0.1) is 7.11 Å². The minimum absolute atomic E-state index is 0.200. The Morgan fingerprint density at radius 1 is 1.06 bits per heavy atom. The fraction of sp³-hybridized carbons (Fsp3) is 0.500. The van der Waals surface area contributed by atoms with Crippen LogP contribution in [-0.2, 0) is 17.7 Å². The summed E-state index contributed by atoms with van der Waals surface area (Å²) in [6.45, 7) is 4.20. The van der Waals surface area contributed by atoms with Gasteiger partial charge < -0.3 is 18.9 Å². The minimum Gasteiger partial charge on any atom is -0.491 e. The zero-order valence-electron chi connectivity index (χ0n) is 19.0. The monoisotopic (exact) mass is 454 g/mol. The van der Waals surface area contributed by atoms with Gasteiger partial charge in [0.2, 0.25) is 0 Å². The normalized spacial score (nSPS) is 16.6. The molecule has 0 radical (unpaired) electrons. The van der Waals surface area contributed by atoms with E-state index in [0.717, 1.165) is 19.6 Å². The molecule has 9 nitrogen and oxygen atoms in total. The Balaban J connectivity index is 1.55. The Morgan fingerprint density at radius 3 is 2.61 bits per heavy atom. The number of rotatable bonds is 6. The van der Waals surface area contributed by atoms with Crippen molar-refractivity contribution < 1.29 is 19.1 Å². The van der Waals surface area contributed by atoms with Gasteiger partial charge in [0, 0.05) is 50.6 Å². The van der Waals surface area contributed by atoms with E-state index in [1.807, 2.05) is 0 Å². The highest BCUT2D eigenvalue weighted by atomic mass is 16.5. The predicted molar refractivity (Wildman–Crippen MR) is 122 cm³/mol. The van der Waals surface area contributed by atoms with E-state index in [1.54, 1.807) is 33.9 Å². The molecule has 9 heteroatoms. The third kappa shape index (κ3) is 5.24. The number of aromatic nitrogens is 2. The van der Waals surface area contributed by atoms with Crippen molar-refractivity contribution in [3.8, 4) is 5.75 Å². The summed E-state index contributed by atoms with van der Waals surface area (Å²) in [5.41, 5.74) is 0.907. The zero-order chi connectivity index (χ0) is 23.2. The Hall–Kier alpha value is -3.20. The highest BCUT2D eigenvalue weighted by Gasteiger charge is 2.28. The van der Waals surface area contributed by atoms with Gasteiger partial charge in [-0.2, -0.15) is 0 Å². The van der Waals surface area contributed by atoms with Gasteiger partial charge in [0.15, 0.2) is 0 Å². The molecule has 2 aliphatic rings. The summed E-state index contributed by atoms with van der Waals surface area (Å²) in [5, 5.41) is 0. The van der Waals surface area contributed by atoms with E-state index in [0.29, 0.717) is 37.5 Å². The third-order valence-corrected chi connectivity index (χ3v) is 6.27. The first-order chi connectivity index (χ1) is 16.1. The number of piperidine rings is 1. The maximum absolute atomic E-state index is 12.9. The molecule has 176 valence electrons. The highest BCUT2D eigenvalue weighted by molar-refractivity contribution is 5.94. The number of esters is 1. The standard InChI is InChI=1S/C24H30N4O5/c1-32-24(31)22-19-8-12-27(23(30)18-7-3-4-9-25-18)13-14-28(19)21(29)17-20(22)33-16-15-26-10-5-2-6-11-26/h3-4,7,9,17H,2,5-6,8,10-16H2,1H3. The smallest absolute Gasteiger partial charge is 0.343 e. The van der Waals surface area contributed by atoms with Gasteiger partial charge in [-0.15, -0.1) is 0 Å². The molecule has 0 spiro atoms. The molecule has 1 saturated heterocycles. The molecule has 2 aliphatic heterocycles. The molecule has 2 aromatic heterocycles. The number of pyridine rings is 2. The van der Waals surface area contributed by atoms with E-state index >= 15 is 0 Å². The lowest BCUT2D eigenvalue weighted by atomic mass is 10.1. The number of methoxy groups -OCH3 is 1. The van der Waals surface area contributed by atoms with E-state index in [2.05, 4.69) is 9.88 Å². The molecule has 0 atom stereocenters. The maximum Gasteiger partial charge on any atom is 0.343 e. The van der Waals surface area contributed by atoms with Crippen molar-refractivity contribution in [1.82, 2.24) is 19.4 Å². The van der Waals surface area contributed by atoms with Crippen LogP contribution in [-0.4, -0.2) is 77.7 Å². The first-order valence-electron chi connectivity index (χ1n) is 11.5. The van der Waals surface area contributed by atoms with Gasteiger partial charge in [0.25, 0.3) is 11.5 Å². The third-order valence-electron chi connectivity index (χ3n) is 6.27. The molecule has 33 heavy (non-hydrogen) atoms. The number of likely N-dealkylation sites (tertiary alicyclic amines) is 1. The number of fused-ring (bicyclic) bond motifs is 1. The van der Waals surface area contributed by atoms with E-state index in [4.69, 9.17) is 9.47 Å². The molecule has 4 heterocycles. The molecule has 4 rings (SSSR count). The largest absolute Gasteiger partial charge is 0.491 e. The fourth-order valence-electron chi connectivity index (χ4n) is 4.51. The summed E-state index contributed by atoms with van der Waals surface area (Å²) in [6.07, 6.45) is 5.53. The van der Waals surface area contributed by atoms with Crippen molar-refractivity contribution in [1.29, 1.82) is 0 Å². The van der Waals surface area contributed by atoms with Gasteiger partial charge in [-0.3, -0.25) is 19.5 Å². The van der Waals surface area contributed by atoms with Crippen LogP contribution in [0, 0.1) is 0 Å². The van der Waals surface area contributed by atoms with Gasteiger partial charge in [-0.05, 0) is 38.1 Å². The lowest BCUT2D eigenvalue weighted by Crippen LogP contribution is -2.34. The van der Waals surface area contributed by atoms with Crippen molar-refractivity contribution in [2.45, 2.75) is 32.2 Å². The summed E-state index contributed by atoms with van der Waals surface area (Å²) < 4.78 is 12.5. The van der Waals surface area contributed by atoms with Crippen molar-refractivity contribution in [3.05, 3.63) is 57.8 Å². The molecule has 1 fully saturated rings. The number of amides is 1. The number of hydrogen-bond donors (Lipinski definition) is 0. The molecule has 0 bridgehead atoms. The quantitative estimate of drug-likeness (QED) is 0.612. The summed E-state index contributed by atoms with van der Waals surface area (Å²) in [6, 6.07) is 6.55. The topological polar surface area (TPSA) is 94.0 Å². The second-order valence-corrected chi connectivity index (χ2v) is 8.32. The Morgan fingerprint density at radius 2 is 1.88 bits per heavy atom. The van der Waals surface area contributed by atoms with Crippen LogP contribution < -0.4 is 10.3 Å². The Kier molecular flexibility index (Phi) is 7.39. The fourth-order valence-corrected chi connectivity index (χ4v) is 4.51. The van der Waals surface area contributed by atoms with Crippen LogP contribution in [0.25, 0.3) is 0 Å². The van der Waals surface area contributed by atoms with E-state index in [-0.39, 0.29) is 29.3 Å². The molecule has 0 unspecified atom stereocenters. The van der Waals surface area contributed by atoms with Crippen LogP contribution in [0.1, 0.15) is 45.8 Å². The van der Waals surface area contributed by atoms with E-state index < -0.39 is 5.97 Å². The summed E-state index contributed by atoms with van der Waals surface area (Å²) >= 11 is 0. The van der Waals surface area contributed by atoms with Gasteiger partial charge >= 0.3 is 5.97 Å². The SMILES string of the molecule is COC(=O)c1c(OCCN2CCCCC2)cc(=O)n2c1CCN(C(=O)c1ccccn1)CC2. The molecular weight excluding hydrogens is 424 g/mol. The molecule has 0 saturated carbocycles. The second kappa shape index (κ2) is 10.6. The first-order valence-corrected chi connectivity index (χ1v) is 11.5. The van der Waals surface area contributed by atoms with Crippen molar-refractivity contribution in [2.24, 2.45) is 0 Å². The van der Waals surface area contributed by atoms with E-state index in [1.165, 1.54) is 32.4 Å². The average Bonchev–Trinajstić information content (AvgIpc) is 3.08. The lowest BCUT2D eigenvalue weighted by molar-refractivity contribution is 0.0592. The Labute approximate surface area is 192 Å². The van der Waals surface area contributed by atoms with Gasteiger partial charge in [-0.25, -0.2) is 4.79 Å². The number of carbonyl (C=O) groups excluding carboxylic acids is 2. The molecule has 1 amide bonds. The maximum atomic E-state index is 12.9. The van der Waals surface area contributed by atoms with Crippen LogP contribution in [0.4, 0.5) is 0 Å². The van der Waals surface area contributed by atoms with Crippen LogP contribution in [0.3, 0.4) is 0 Å². The molecule has 2 aromatic rings. The first kappa shape index (κ1) is 23.0. The summed E-state index contributed by atoms with van der Waals surface area (Å²) in [7, 11) is 1.32. The average molecular weight is 455 g/mol. The van der Waals surface area contributed by atoms with E-state index in [9.17, 15) is 14.4 Å². The molecule has 0 aromatic carbocycles. The molecule has 0 aliphatic carbocycles. The number of nitrogens with zero attached hydrogens (tertiary/aromatic N) is 4. The zero-order valence-corrected chi connectivity index (χ0v) is 19.0. The summed E-state index contributed by atoms with van der Waals surface area (Å²) in [4.78, 5) is 46.6.